The lowest BCUT2D eigenvalue weighted by Crippen LogP contribution is -2.31. The van der Waals surface area contributed by atoms with Crippen LogP contribution >= 0.6 is 0 Å². The SMILES string of the molecule is CC[C@H]1C[C@@]1(N)COCc1ccccc1. The van der Waals surface area contributed by atoms with Gasteiger partial charge in [0.1, 0.15) is 0 Å². The van der Waals surface area contributed by atoms with Crippen molar-refractivity contribution in [1.29, 1.82) is 0 Å². The largest absolute Gasteiger partial charge is 0.375 e. The molecule has 2 nitrogen and oxygen atoms in total. The second-order valence-electron chi connectivity index (χ2n) is 4.52. The highest BCUT2D eigenvalue weighted by molar-refractivity contribution is 5.13. The van der Waals surface area contributed by atoms with Gasteiger partial charge >= 0.3 is 0 Å². The van der Waals surface area contributed by atoms with Crippen molar-refractivity contribution in [3.63, 3.8) is 0 Å². The van der Waals surface area contributed by atoms with Crippen molar-refractivity contribution in [1.82, 2.24) is 0 Å². The first-order valence-corrected chi connectivity index (χ1v) is 5.65. The van der Waals surface area contributed by atoms with Crippen molar-refractivity contribution in [2.45, 2.75) is 31.9 Å². The third kappa shape index (κ3) is 2.58. The Morgan fingerprint density at radius 1 is 1.40 bits per heavy atom. The van der Waals surface area contributed by atoms with Crippen LogP contribution < -0.4 is 5.73 Å². The van der Waals surface area contributed by atoms with Crippen molar-refractivity contribution in [2.24, 2.45) is 11.7 Å². The van der Waals surface area contributed by atoms with Gasteiger partial charge in [-0.3, -0.25) is 0 Å². The van der Waals surface area contributed by atoms with E-state index >= 15 is 0 Å². The number of benzene rings is 1. The number of hydrogen-bond donors (Lipinski definition) is 1. The Hall–Kier alpha value is -0.860. The molecule has 0 unspecified atom stereocenters. The highest BCUT2D eigenvalue weighted by Gasteiger charge is 2.49. The molecular weight excluding hydrogens is 186 g/mol. The molecule has 0 aliphatic heterocycles. The van der Waals surface area contributed by atoms with Gasteiger partial charge in [-0.05, 0) is 17.9 Å². The second-order valence-corrected chi connectivity index (χ2v) is 4.52. The van der Waals surface area contributed by atoms with Crippen molar-refractivity contribution in [2.75, 3.05) is 6.61 Å². The van der Waals surface area contributed by atoms with E-state index in [-0.39, 0.29) is 5.54 Å². The first kappa shape index (κ1) is 10.7. The summed E-state index contributed by atoms with van der Waals surface area (Å²) in [5.41, 5.74) is 7.33. The van der Waals surface area contributed by atoms with E-state index in [4.69, 9.17) is 10.5 Å². The Kier molecular flexibility index (Phi) is 3.08. The van der Waals surface area contributed by atoms with Crippen LogP contribution in [0.25, 0.3) is 0 Å². The van der Waals surface area contributed by atoms with E-state index in [1.54, 1.807) is 0 Å². The van der Waals surface area contributed by atoms with Crippen molar-refractivity contribution >= 4 is 0 Å². The van der Waals surface area contributed by atoms with Crippen LogP contribution in [0.1, 0.15) is 25.3 Å². The monoisotopic (exact) mass is 205 g/mol. The first-order chi connectivity index (χ1) is 7.24. The third-order valence-corrected chi connectivity index (χ3v) is 3.25. The van der Waals surface area contributed by atoms with Gasteiger partial charge in [-0.25, -0.2) is 0 Å². The average Bonchev–Trinajstić information content (AvgIpc) is 2.91. The molecule has 0 bridgehead atoms. The minimum atomic E-state index is -0.0243. The molecule has 0 saturated heterocycles. The number of nitrogens with two attached hydrogens (primary N) is 1. The predicted molar refractivity (Wildman–Crippen MR) is 61.4 cm³/mol. The van der Waals surface area contributed by atoms with Gasteiger partial charge in [-0.15, -0.1) is 0 Å². The van der Waals surface area contributed by atoms with Gasteiger partial charge in [0.25, 0.3) is 0 Å². The standard InChI is InChI=1S/C13H19NO/c1-2-12-8-13(12,14)10-15-9-11-6-4-3-5-7-11/h3-7,12H,2,8-10,14H2,1H3/t12-,13+/m0/s1. The maximum Gasteiger partial charge on any atom is 0.0717 e. The summed E-state index contributed by atoms with van der Waals surface area (Å²) in [5, 5.41) is 0. The van der Waals surface area contributed by atoms with Gasteiger partial charge in [0, 0.05) is 5.54 Å². The van der Waals surface area contributed by atoms with Crippen LogP contribution in [-0.4, -0.2) is 12.1 Å². The zero-order valence-corrected chi connectivity index (χ0v) is 9.28. The molecule has 2 heteroatoms. The molecule has 2 atom stereocenters. The summed E-state index contributed by atoms with van der Waals surface area (Å²) in [5.74, 6) is 0.674. The third-order valence-electron chi connectivity index (χ3n) is 3.25. The van der Waals surface area contributed by atoms with E-state index in [9.17, 15) is 0 Å². The Labute approximate surface area is 91.4 Å². The van der Waals surface area contributed by atoms with Crippen LogP contribution in [0.3, 0.4) is 0 Å². The van der Waals surface area contributed by atoms with E-state index in [2.05, 4.69) is 19.1 Å². The van der Waals surface area contributed by atoms with Crippen LogP contribution in [0.2, 0.25) is 0 Å². The maximum absolute atomic E-state index is 6.14. The second kappa shape index (κ2) is 4.33. The molecule has 82 valence electrons. The van der Waals surface area contributed by atoms with Crippen LogP contribution in [0.5, 0.6) is 0 Å². The molecular formula is C13H19NO. The van der Waals surface area contributed by atoms with E-state index in [1.807, 2.05) is 18.2 Å². The highest BCUT2D eigenvalue weighted by atomic mass is 16.5. The molecule has 15 heavy (non-hydrogen) atoms. The Morgan fingerprint density at radius 3 is 2.73 bits per heavy atom. The maximum atomic E-state index is 6.14. The number of ether oxygens (including phenoxy) is 1. The van der Waals surface area contributed by atoms with Gasteiger partial charge in [-0.2, -0.15) is 0 Å². The lowest BCUT2D eigenvalue weighted by atomic mass is 10.2. The summed E-state index contributed by atoms with van der Waals surface area (Å²) in [4.78, 5) is 0. The fourth-order valence-corrected chi connectivity index (χ4v) is 2.06. The van der Waals surface area contributed by atoms with Crippen molar-refractivity contribution in [3.05, 3.63) is 35.9 Å². The fourth-order valence-electron chi connectivity index (χ4n) is 2.06. The van der Waals surface area contributed by atoms with Crippen LogP contribution in [0.4, 0.5) is 0 Å². The average molecular weight is 205 g/mol. The van der Waals surface area contributed by atoms with Crippen LogP contribution in [-0.2, 0) is 11.3 Å². The Morgan fingerprint density at radius 2 is 2.13 bits per heavy atom. The normalized spacial score (nSPS) is 29.1. The summed E-state index contributed by atoms with van der Waals surface area (Å²) < 4.78 is 5.65. The zero-order valence-electron chi connectivity index (χ0n) is 9.28. The van der Waals surface area contributed by atoms with Gasteiger partial charge in [0.2, 0.25) is 0 Å². The summed E-state index contributed by atoms with van der Waals surface area (Å²) in [6.45, 7) is 3.56. The zero-order chi connectivity index (χ0) is 10.7. The predicted octanol–water partition coefficient (Wildman–Crippen LogP) is 2.33. The van der Waals surface area contributed by atoms with Gasteiger partial charge in [-0.1, -0.05) is 43.7 Å². The Balaban J connectivity index is 1.72. The van der Waals surface area contributed by atoms with Crippen LogP contribution in [0, 0.1) is 5.92 Å². The molecule has 1 saturated carbocycles. The molecule has 1 aromatic carbocycles. The quantitative estimate of drug-likeness (QED) is 0.800. The van der Waals surface area contributed by atoms with Gasteiger partial charge in [0.15, 0.2) is 0 Å². The molecule has 0 spiro atoms. The van der Waals surface area contributed by atoms with Crippen molar-refractivity contribution < 1.29 is 4.74 Å². The van der Waals surface area contributed by atoms with E-state index in [1.165, 1.54) is 12.0 Å². The molecule has 0 heterocycles. The van der Waals surface area contributed by atoms with Crippen LogP contribution in [0.15, 0.2) is 30.3 Å². The molecule has 1 aromatic rings. The summed E-state index contributed by atoms with van der Waals surface area (Å²) in [6, 6.07) is 10.2. The lowest BCUT2D eigenvalue weighted by molar-refractivity contribution is 0.0978. The highest BCUT2D eigenvalue weighted by Crippen LogP contribution is 2.43. The van der Waals surface area contributed by atoms with E-state index < -0.39 is 0 Å². The minimum Gasteiger partial charge on any atom is -0.375 e. The molecule has 0 aromatic heterocycles. The number of rotatable bonds is 5. The van der Waals surface area contributed by atoms with Gasteiger partial charge in [0.05, 0.1) is 13.2 Å². The molecule has 1 fully saturated rings. The molecule has 0 radical (unpaired) electrons. The smallest absolute Gasteiger partial charge is 0.0717 e. The molecule has 2 N–H and O–H groups in total. The molecule has 1 aliphatic carbocycles. The van der Waals surface area contributed by atoms with E-state index in [0.29, 0.717) is 19.1 Å². The fraction of sp³-hybridized carbons (Fsp3) is 0.538. The summed E-state index contributed by atoms with van der Waals surface area (Å²) in [7, 11) is 0. The molecule has 2 rings (SSSR count). The topological polar surface area (TPSA) is 35.2 Å². The molecule has 1 aliphatic rings. The summed E-state index contributed by atoms with van der Waals surface area (Å²) >= 11 is 0. The van der Waals surface area contributed by atoms with E-state index in [0.717, 1.165) is 6.42 Å². The number of hydrogen-bond acceptors (Lipinski definition) is 2. The molecule has 0 amide bonds. The van der Waals surface area contributed by atoms with Gasteiger partial charge < -0.3 is 10.5 Å². The lowest BCUT2D eigenvalue weighted by Gasteiger charge is -2.11. The first-order valence-electron chi connectivity index (χ1n) is 5.65. The Bertz CT molecular complexity index is 312. The minimum absolute atomic E-state index is 0.0243. The van der Waals surface area contributed by atoms with Crippen molar-refractivity contribution in [3.8, 4) is 0 Å². The summed E-state index contributed by atoms with van der Waals surface area (Å²) in [6.07, 6.45) is 2.30.